The quantitative estimate of drug-likeness (QED) is 0.284. The molecule has 1 aromatic heterocycles. The number of pyridine rings is 1. The lowest BCUT2D eigenvalue weighted by Crippen LogP contribution is -2.48. The summed E-state index contributed by atoms with van der Waals surface area (Å²) in [5, 5.41) is 2.62. The maximum atomic E-state index is 13.2. The lowest BCUT2D eigenvalue weighted by Gasteiger charge is -2.33. The molecule has 12 nitrogen and oxygen atoms in total. The molecule has 2 heterocycles. The minimum absolute atomic E-state index is 0.0492. The van der Waals surface area contributed by atoms with Crippen molar-refractivity contribution >= 4 is 17.8 Å². The molecule has 4 atom stereocenters. The smallest absolute Gasteiger partial charge is 0.331 e. The molecule has 1 aliphatic heterocycles. The average molecular weight is 555 g/mol. The predicted octanol–water partition coefficient (Wildman–Crippen LogP) is 2.52. The third kappa shape index (κ3) is 10.3. The minimum atomic E-state index is -1.14. The second kappa shape index (κ2) is 16.2. The van der Waals surface area contributed by atoms with Gasteiger partial charge in [-0.25, -0.2) is 9.78 Å². The molecular formula is C27H42N2O10. The second-order valence-corrected chi connectivity index (χ2v) is 9.99. The lowest BCUT2D eigenvalue weighted by molar-refractivity contribution is -0.173. The molecule has 1 amide bonds. The van der Waals surface area contributed by atoms with E-state index in [0.29, 0.717) is 19.6 Å². The number of aromatic nitrogens is 1. The molecule has 1 fully saturated rings. The molecule has 0 bridgehead atoms. The molecule has 2 rings (SSSR count). The Hall–Kier alpha value is -2.96. The summed E-state index contributed by atoms with van der Waals surface area (Å²) in [5.41, 5.74) is -0.169. The van der Waals surface area contributed by atoms with Crippen LogP contribution in [0, 0.1) is 11.8 Å². The predicted molar refractivity (Wildman–Crippen MR) is 139 cm³/mol. The number of esters is 2. The van der Waals surface area contributed by atoms with Crippen LogP contribution in [0.3, 0.4) is 0 Å². The summed E-state index contributed by atoms with van der Waals surface area (Å²) in [6.45, 7) is 11.7. The standard InChI is InChI=1S/C27H42N2O10/c1-8-20-24(36-12-17(4)5)22(35-11-16(2)3)14-34-13-19(27(32)39-20)29-26(31)23-25(38-15-37-18(6)30)21(33-7)9-10-28-23/h9-10,16-17,19-20,22,24H,8,11-15H2,1-7H3,(H,29,31)/t19-,20-,22+,24+/m1/s1. The van der Waals surface area contributed by atoms with Gasteiger partial charge in [0.05, 0.1) is 20.3 Å². The first-order valence-corrected chi connectivity index (χ1v) is 13.2. The molecule has 1 aromatic rings. The molecule has 0 radical (unpaired) electrons. The van der Waals surface area contributed by atoms with Crippen LogP contribution >= 0.6 is 0 Å². The van der Waals surface area contributed by atoms with E-state index in [-0.39, 0.29) is 42.2 Å². The molecule has 39 heavy (non-hydrogen) atoms. The van der Waals surface area contributed by atoms with Gasteiger partial charge in [-0.2, -0.15) is 0 Å². The molecule has 1 saturated heterocycles. The SMILES string of the molecule is CC[C@H]1OC(=O)[C@H](NC(=O)c2nccc(OC)c2OCOC(C)=O)COC[C@H](OCC(C)C)[C@H]1OCC(C)C. The number of nitrogens with zero attached hydrogens (tertiary/aromatic N) is 1. The van der Waals surface area contributed by atoms with E-state index in [1.807, 2.05) is 34.6 Å². The van der Waals surface area contributed by atoms with E-state index in [1.165, 1.54) is 26.3 Å². The van der Waals surface area contributed by atoms with Gasteiger partial charge in [-0.05, 0) is 18.3 Å². The van der Waals surface area contributed by atoms with E-state index in [1.54, 1.807) is 0 Å². The van der Waals surface area contributed by atoms with E-state index >= 15 is 0 Å². The van der Waals surface area contributed by atoms with Crippen molar-refractivity contribution in [1.29, 1.82) is 0 Å². The average Bonchev–Trinajstić information content (AvgIpc) is 2.94. The van der Waals surface area contributed by atoms with Crippen molar-refractivity contribution in [2.75, 3.05) is 40.3 Å². The normalized spacial score (nSPS) is 21.9. The number of carbonyl (C=O) groups is 3. The highest BCUT2D eigenvalue weighted by atomic mass is 16.7. The van der Waals surface area contributed by atoms with Crippen LogP contribution in [-0.2, 0) is 33.3 Å². The molecule has 1 N–H and O–H groups in total. The van der Waals surface area contributed by atoms with Crippen molar-refractivity contribution in [3.63, 3.8) is 0 Å². The van der Waals surface area contributed by atoms with Crippen LogP contribution in [0.2, 0.25) is 0 Å². The summed E-state index contributed by atoms with van der Waals surface area (Å²) in [4.78, 5) is 41.7. The third-order valence-electron chi connectivity index (χ3n) is 5.59. The zero-order chi connectivity index (χ0) is 28.9. The van der Waals surface area contributed by atoms with Crippen molar-refractivity contribution in [3.05, 3.63) is 18.0 Å². The fourth-order valence-corrected chi connectivity index (χ4v) is 3.69. The zero-order valence-corrected chi connectivity index (χ0v) is 23.9. The molecule has 0 unspecified atom stereocenters. The maximum Gasteiger partial charge on any atom is 0.331 e. The van der Waals surface area contributed by atoms with Crippen molar-refractivity contribution in [2.24, 2.45) is 11.8 Å². The van der Waals surface area contributed by atoms with Gasteiger partial charge in [0.15, 0.2) is 23.2 Å². The van der Waals surface area contributed by atoms with Crippen molar-refractivity contribution in [3.8, 4) is 11.5 Å². The van der Waals surface area contributed by atoms with Crippen molar-refractivity contribution < 1.29 is 47.5 Å². The molecule has 220 valence electrons. The van der Waals surface area contributed by atoms with Crippen LogP contribution in [0.4, 0.5) is 0 Å². The largest absolute Gasteiger partial charge is 0.493 e. The number of cyclic esters (lactones) is 1. The molecule has 12 heteroatoms. The Kier molecular flexibility index (Phi) is 13.4. The van der Waals surface area contributed by atoms with Gasteiger partial charge in [0.25, 0.3) is 5.91 Å². The van der Waals surface area contributed by atoms with Gasteiger partial charge in [-0.3, -0.25) is 9.59 Å². The third-order valence-corrected chi connectivity index (χ3v) is 5.59. The maximum absolute atomic E-state index is 13.2. The molecular weight excluding hydrogens is 512 g/mol. The van der Waals surface area contributed by atoms with E-state index in [4.69, 9.17) is 33.2 Å². The number of rotatable bonds is 13. The number of hydrogen-bond acceptors (Lipinski definition) is 11. The van der Waals surface area contributed by atoms with E-state index in [2.05, 4.69) is 10.3 Å². The highest BCUT2D eigenvalue weighted by molar-refractivity contribution is 5.98. The van der Waals surface area contributed by atoms with Crippen LogP contribution in [-0.4, -0.2) is 87.5 Å². The number of ether oxygens (including phenoxy) is 7. The van der Waals surface area contributed by atoms with Gasteiger partial charge in [0, 0.05) is 32.4 Å². The fourth-order valence-electron chi connectivity index (χ4n) is 3.69. The Labute approximate surface area is 230 Å². The molecule has 0 saturated carbocycles. The van der Waals surface area contributed by atoms with E-state index in [9.17, 15) is 14.4 Å². The second-order valence-electron chi connectivity index (χ2n) is 9.99. The van der Waals surface area contributed by atoms with E-state index in [0.717, 1.165) is 0 Å². The number of hydrogen-bond donors (Lipinski definition) is 1. The van der Waals surface area contributed by atoms with Gasteiger partial charge >= 0.3 is 11.9 Å². The number of nitrogens with one attached hydrogen (secondary N) is 1. The molecule has 0 aromatic carbocycles. The summed E-state index contributed by atoms with van der Waals surface area (Å²) in [7, 11) is 1.39. The van der Waals surface area contributed by atoms with Crippen LogP contribution in [0.1, 0.15) is 58.5 Å². The van der Waals surface area contributed by atoms with Crippen LogP contribution < -0.4 is 14.8 Å². The first-order chi connectivity index (χ1) is 18.6. The monoisotopic (exact) mass is 554 g/mol. The number of methoxy groups -OCH3 is 1. The van der Waals surface area contributed by atoms with Gasteiger partial charge in [-0.1, -0.05) is 34.6 Å². The van der Waals surface area contributed by atoms with Gasteiger partial charge in [0.2, 0.25) is 6.79 Å². The Morgan fingerprint density at radius 1 is 1.13 bits per heavy atom. The first kappa shape index (κ1) is 32.3. The molecule has 0 spiro atoms. The van der Waals surface area contributed by atoms with Crippen molar-refractivity contribution in [2.45, 2.75) is 72.3 Å². The van der Waals surface area contributed by atoms with Gasteiger partial charge in [0.1, 0.15) is 18.3 Å². The summed E-state index contributed by atoms with van der Waals surface area (Å²) < 4.78 is 39.5. The fraction of sp³-hybridized carbons (Fsp3) is 0.704. The summed E-state index contributed by atoms with van der Waals surface area (Å²) >= 11 is 0. The highest BCUT2D eigenvalue weighted by Crippen LogP contribution is 2.30. The zero-order valence-electron chi connectivity index (χ0n) is 23.9. The topological polar surface area (TPSA) is 141 Å². The lowest BCUT2D eigenvalue weighted by atomic mass is 10.0. The van der Waals surface area contributed by atoms with Gasteiger partial charge in [-0.15, -0.1) is 0 Å². The highest BCUT2D eigenvalue weighted by Gasteiger charge is 2.38. The molecule has 0 aliphatic carbocycles. The first-order valence-electron chi connectivity index (χ1n) is 13.2. The van der Waals surface area contributed by atoms with Crippen molar-refractivity contribution in [1.82, 2.24) is 10.3 Å². The Morgan fingerprint density at radius 3 is 2.44 bits per heavy atom. The van der Waals surface area contributed by atoms with Gasteiger partial charge < -0.3 is 38.5 Å². The van der Waals surface area contributed by atoms with E-state index < -0.39 is 49.0 Å². The molecule has 1 aliphatic rings. The Bertz CT molecular complexity index is 939. The Balaban J connectivity index is 2.26. The summed E-state index contributed by atoms with van der Waals surface area (Å²) in [6, 6.07) is 0.341. The number of amides is 1. The van der Waals surface area contributed by atoms with Crippen LogP contribution in [0.5, 0.6) is 11.5 Å². The van der Waals surface area contributed by atoms with Crippen LogP contribution in [0.25, 0.3) is 0 Å². The summed E-state index contributed by atoms with van der Waals surface area (Å²) in [5.74, 6) is -1.29. The minimum Gasteiger partial charge on any atom is -0.493 e. The van der Waals surface area contributed by atoms with Crippen LogP contribution in [0.15, 0.2) is 12.3 Å². The Morgan fingerprint density at radius 2 is 1.82 bits per heavy atom. The summed E-state index contributed by atoms with van der Waals surface area (Å²) in [6.07, 6.45) is 0.190. The number of carbonyl (C=O) groups excluding carboxylic acids is 3.